The van der Waals surface area contributed by atoms with Crippen LogP contribution in [0.2, 0.25) is 19.6 Å². The van der Waals surface area contributed by atoms with E-state index in [9.17, 15) is 9.90 Å². The van der Waals surface area contributed by atoms with E-state index in [1.807, 2.05) is 12.1 Å². The Bertz CT molecular complexity index is 907. The summed E-state index contributed by atoms with van der Waals surface area (Å²) in [6.45, 7) is 9.86. The topological polar surface area (TPSA) is 79.2 Å². The maximum Gasteiger partial charge on any atom is 0.0991 e. The molecule has 0 aliphatic carbocycles. The summed E-state index contributed by atoms with van der Waals surface area (Å²) in [5, 5.41) is 25.3. The zero-order valence-corrected chi connectivity index (χ0v) is 18.4. The summed E-state index contributed by atoms with van der Waals surface area (Å²) in [6, 6.07) is 14.2. The van der Waals surface area contributed by atoms with Gasteiger partial charge in [-0.3, -0.25) is 4.90 Å². The van der Waals surface area contributed by atoms with Gasteiger partial charge in [0.25, 0.3) is 0 Å². The zero-order valence-electron chi connectivity index (χ0n) is 17.4. The van der Waals surface area contributed by atoms with Crippen molar-refractivity contribution in [2.75, 3.05) is 18.4 Å². The Kier molecular flexibility index (Phi) is 6.41. The quantitative estimate of drug-likeness (QED) is 0.715. The van der Waals surface area contributed by atoms with E-state index < -0.39 is 20.1 Å². The van der Waals surface area contributed by atoms with Crippen LogP contribution in [0.5, 0.6) is 0 Å². The monoisotopic (exact) mass is 406 g/mol. The first-order valence-electron chi connectivity index (χ1n) is 10.1. The van der Waals surface area contributed by atoms with Gasteiger partial charge in [0.05, 0.1) is 31.7 Å². The molecule has 1 N–H and O–H groups in total. The van der Waals surface area contributed by atoms with Gasteiger partial charge in [-0.25, -0.2) is 0 Å². The van der Waals surface area contributed by atoms with Gasteiger partial charge in [-0.1, -0.05) is 43.0 Å². The lowest BCUT2D eigenvalue weighted by atomic mass is 10.0. The lowest BCUT2D eigenvalue weighted by Crippen LogP contribution is -2.40. The minimum atomic E-state index is -1.63. The largest absolute Gasteiger partial charge is 0.548 e. The van der Waals surface area contributed by atoms with E-state index in [4.69, 9.17) is 5.26 Å². The summed E-state index contributed by atoms with van der Waals surface area (Å²) in [6.07, 6.45) is 2.45. The first-order chi connectivity index (χ1) is 13.8. The number of hydrogen-bond acceptors (Lipinski definition) is 5. The molecule has 1 unspecified atom stereocenters. The number of nitrogens with one attached hydrogen (secondary N) is 1. The van der Waals surface area contributed by atoms with Crippen molar-refractivity contribution in [3.05, 3.63) is 59.2 Å². The van der Waals surface area contributed by atoms with Crippen LogP contribution in [-0.2, 0) is 11.3 Å². The van der Waals surface area contributed by atoms with Crippen LogP contribution < -0.4 is 15.6 Å². The molecule has 1 aliphatic rings. The number of nitriles is 1. The van der Waals surface area contributed by atoms with Gasteiger partial charge in [0, 0.05) is 12.2 Å². The third-order valence-corrected chi connectivity index (χ3v) is 7.40. The van der Waals surface area contributed by atoms with Crippen molar-refractivity contribution in [1.29, 1.82) is 5.26 Å². The molecule has 0 bridgehead atoms. The maximum atomic E-state index is 12.0. The van der Waals surface area contributed by atoms with Crippen molar-refractivity contribution in [3.63, 3.8) is 0 Å². The van der Waals surface area contributed by atoms with Crippen molar-refractivity contribution < 1.29 is 9.90 Å². The second-order valence-corrected chi connectivity index (χ2v) is 13.9. The smallest absolute Gasteiger partial charge is 0.0991 e. The van der Waals surface area contributed by atoms with Crippen LogP contribution in [0.1, 0.15) is 35.6 Å². The minimum absolute atomic E-state index is 0.536. The van der Waals surface area contributed by atoms with E-state index in [1.165, 1.54) is 18.0 Å². The Labute approximate surface area is 174 Å². The molecule has 2 aromatic carbocycles. The van der Waals surface area contributed by atoms with Crippen LogP contribution >= 0.6 is 0 Å². The van der Waals surface area contributed by atoms with Crippen molar-refractivity contribution in [2.45, 2.75) is 45.1 Å². The zero-order chi connectivity index (χ0) is 21.0. The molecule has 1 saturated heterocycles. The van der Waals surface area contributed by atoms with E-state index in [0.717, 1.165) is 30.8 Å². The maximum absolute atomic E-state index is 12.0. The van der Waals surface area contributed by atoms with E-state index in [1.54, 1.807) is 24.3 Å². The molecule has 152 valence electrons. The van der Waals surface area contributed by atoms with Crippen molar-refractivity contribution >= 4 is 24.9 Å². The van der Waals surface area contributed by atoms with Crippen LogP contribution in [0.3, 0.4) is 0 Å². The average molecular weight is 407 g/mol. The Balaban J connectivity index is 1.94. The van der Waals surface area contributed by atoms with Gasteiger partial charge in [0.1, 0.15) is 0 Å². The molecule has 1 atom stereocenters. The third kappa shape index (κ3) is 5.46. The van der Waals surface area contributed by atoms with Crippen molar-refractivity contribution in [1.82, 2.24) is 4.90 Å². The third-order valence-electron chi connectivity index (χ3n) is 5.38. The molecule has 1 heterocycles. The fourth-order valence-electron chi connectivity index (χ4n) is 3.69. The van der Waals surface area contributed by atoms with Gasteiger partial charge in [-0.15, -0.1) is 0 Å². The number of hydrogen-bond donors (Lipinski definition) is 1. The molecule has 3 rings (SSSR count). The molecule has 1 fully saturated rings. The van der Waals surface area contributed by atoms with E-state index in [-0.39, 0.29) is 0 Å². The molecule has 6 heteroatoms. The van der Waals surface area contributed by atoms with Crippen LogP contribution in [0, 0.1) is 11.3 Å². The predicted molar refractivity (Wildman–Crippen MR) is 116 cm³/mol. The number of benzene rings is 2. The highest BCUT2D eigenvalue weighted by Crippen LogP contribution is 2.23. The number of carboxylic acids is 1. The molecule has 0 radical (unpaired) electrons. The molecule has 29 heavy (non-hydrogen) atoms. The molecule has 2 aromatic rings. The molecule has 1 aliphatic heterocycles. The SMILES string of the molecule is C[Si](C)(C)c1cc(CN2CCCC2)cc(C(Nc2ccc(C#N)cc2)C(=O)[O-])c1. The average Bonchev–Trinajstić information content (AvgIpc) is 3.18. The number of rotatable bonds is 7. The van der Waals surface area contributed by atoms with Crippen LogP contribution in [0.25, 0.3) is 0 Å². The van der Waals surface area contributed by atoms with Crippen LogP contribution in [0.4, 0.5) is 5.69 Å². The number of carbonyl (C=O) groups is 1. The van der Waals surface area contributed by atoms with Crippen molar-refractivity contribution in [2.24, 2.45) is 0 Å². The highest BCUT2D eigenvalue weighted by molar-refractivity contribution is 6.88. The number of carboxylic acid groups (broad SMARTS) is 1. The van der Waals surface area contributed by atoms with Gasteiger partial charge in [-0.2, -0.15) is 5.26 Å². The van der Waals surface area contributed by atoms with Gasteiger partial charge in [0.2, 0.25) is 0 Å². The summed E-state index contributed by atoms with van der Waals surface area (Å²) in [5.41, 5.74) is 3.07. The molecular formula is C23H28N3O2Si-. The molecule has 0 saturated carbocycles. The highest BCUT2D eigenvalue weighted by Gasteiger charge is 2.22. The minimum Gasteiger partial charge on any atom is -0.548 e. The summed E-state index contributed by atoms with van der Waals surface area (Å²) >= 11 is 0. The van der Waals surface area contributed by atoms with Crippen molar-refractivity contribution in [3.8, 4) is 6.07 Å². The Hall–Kier alpha value is -2.62. The lowest BCUT2D eigenvalue weighted by Gasteiger charge is -2.26. The fraction of sp³-hybridized carbons (Fsp3) is 0.391. The number of carbonyl (C=O) groups excluding carboxylic acids is 1. The summed E-state index contributed by atoms with van der Waals surface area (Å²) in [5.74, 6) is -1.16. The second kappa shape index (κ2) is 8.81. The van der Waals surface area contributed by atoms with Gasteiger partial charge >= 0.3 is 0 Å². The van der Waals surface area contributed by atoms with Crippen LogP contribution in [0.15, 0.2) is 42.5 Å². The van der Waals surface area contributed by atoms with E-state index >= 15 is 0 Å². The predicted octanol–water partition coefficient (Wildman–Crippen LogP) is 2.60. The molecule has 0 spiro atoms. The lowest BCUT2D eigenvalue weighted by molar-refractivity contribution is -0.307. The molecule has 0 aromatic heterocycles. The summed E-state index contributed by atoms with van der Waals surface area (Å²) in [7, 11) is -1.63. The van der Waals surface area contributed by atoms with Gasteiger partial charge < -0.3 is 15.2 Å². The van der Waals surface area contributed by atoms with Gasteiger partial charge in [0.15, 0.2) is 0 Å². The van der Waals surface area contributed by atoms with Gasteiger partial charge in [-0.05, 0) is 61.3 Å². The summed E-state index contributed by atoms with van der Waals surface area (Å²) in [4.78, 5) is 14.4. The normalized spacial score (nSPS) is 15.7. The molecule has 0 amide bonds. The first-order valence-corrected chi connectivity index (χ1v) is 13.6. The standard InChI is InChI=1S/C23H29N3O2Si/c1-29(2,3)21-13-18(16-26-10-4-5-11-26)12-19(14-21)22(23(27)28)25-20-8-6-17(15-24)7-9-20/h6-9,12-14,22,25H,4-5,10-11,16H2,1-3H3,(H,27,28)/p-1. The van der Waals surface area contributed by atoms with E-state index in [0.29, 0.717) is 11.3 Å². The first kappa shape index (κ1) is 21.1. The highest BCUT2D eigenvalue weighted by atomic mass is 28.3. The number of anilines is 1. The second-order valence-electron chi connectivity index (χ2n) is 8.78. The van der Waals surface area contributed by atoms with Crippen LogP contribution in [-0.4, -0.2) is 32.0 Å². The molecular weight excluding hydrogens is 378 g/mol. The summed E-state index contributed by atoms with van der Waals surface area (Å²) < 4.78 is 0. The number of nitrogens with zero attached hydrogens (tertiary/aromatic N) is 2. The van der Waals surface area contributed by atoms with E-state index in [2.05, 4.69) is 42.0 Å². The number of aliphatic carboxylic acids is 1. The molecule has 5 nitrogen and oxygen atoms in total. The Morgan fingerprint density at radius 3 is 2.38 bits per heavy atom. The fourth-order valence-corrected chi connectivity index (χ4v) is 4.91. The Morgan fingerprint density at radius 2 is 1.83 bits per heavy atom. The Morgan fingerprint density at radius 1 is 1.17 bits per heavy atom. The number of likely N-dealkylation sites (tertiary alicyclic amines) is 1.